The molecule has 110 valence electrons. The highest BCUT2D eigenvalue weighted by Gasteiger charge is 2.29. The highest BCUT2D eigenvalue weighted by molar-refractivity contribution is 7.99. The van der Waals surface area contributed by atoms with Crippen molar-refractivity contribution in [1.29, 1.82) is 0 Å². The summed E-state index contributed by atoms with van der Waals surface area (Å²) < 4.78 is 4.65. The second-order valence-corrected chi connectivity index (χ2v) is 5.64. The monoisotopic (exact) mass is 303 g/mol. The summed E-state index contributed by atoms with van der Waals surface area (Å²) >= 11 is 1.34. The summed E-state index contributed by atoms with van der Waals surface area (Å²) in [5.41, 5.74) is 7.39. The molecule has 21 heavy (non-hydrogen) atoms. The SMILES string of the molecule is COC(=O)[C@H](O)[C@@H](Sc1ccccc1N)c1ccccc1. The Kier molecular flexibility index (Phi) is 5.25. The molecule has 4 nitrogen and oxygen atoms in total. The van der Waals surface area contributed by atoms with Gasteiger partial charge in [-0.05, 0) is 17.7 Å². The Morgan fingerprint density at radius 3 is 2.38 bits per heavy atom. The van der Waals surface area contributed by atoms with E-state index in [-0.39, 0.29) is 0 Å². The fourth-order valence-electron chi connectivity index (χ4n) is 1.93. The zero-order valence-corrected chi connectivity index (χ0v) is 12.4. The number of esters is 1. The number of para-hydroxylation sites is 1. The summed E-state index contributed by atoms with van der Waals surface area (Å²) in [4.78, 5) is 12.5. The van der Waals surface area contributed by atoms with Crippen LogP contribution >= 0.6 is 11.8 Å². The van der Waals surface area contributed by atoms with Gasteiger partial charge in [-0.15, -0.1) is 11.8 Å². The molecular formula is C16H17NO3S. The van der Waals surface area contributed by atoms with Gasteiger partial charge >= 0.3 is 5.97 Å². The molecule has 0 bridgehead atoms. The van der Waals surface area contributed by atoms with Gasteiger partial charge in [0, 0.05) is 10.6 Å². The zero-order chi connectivity index (χ0) is 15.2. The maximum Gasteiger partial charge on any atom is 0.336 e. The smallest absolute Gasteiger partial charge is 0.336 e. The topological polar surface area (TPSA) is 72.5 Å². The van der Waals surface area contributed by atoms with Crippen molar-refractivity contribution in [3.8, 4) is 0 Å². The van der Waals surface area contributed by atoms with Crippen LogP contribution in [-0.4, -0.2) is 24.3 Å². The molecule has 0 aliphatic carbocycles. The van der Waals surface area contributed by atoms with Crippen LogP contribution in [0.2, 0.25) is 0 Å². The van der Waals surface area contributed by atoms with Gasteiger partial charge in [0.1, 0.15) is 0 Å². The van der Waals surface area contributed by atoms with Crippen LogP contribution in [0.4, 0.5) is 5.69 Å². The number of nitrogens with two attached hydrogens (primary N) is 1. The summed E-state index contributed by atoms with van der Waals surface area (Å²) in [6.45, 7) is 0. The largest absolute Gasteiger partial charge is 0.467 e. The Morgan fingerprint density at radius 2 is 1.76 bits per heavy atom. The molecular weight excluding hydrogens is 286 g/mol. The summed E-state index contributed by atoms with van der Waals surface area (Å²) in [6.07, 6.45) is -1.26. The first-order valence-electron chi connectivity index (χ1n) is 6.45. The molecule has 0 saturated heterocycles. The summed E-state index contributed by atoms with van der Waals surface area (Å²) in [5, 5.41) is 9.76. The third-order valence-corrected chi connectivity index (χ3v) is 4.44. The van der Waals surface area contributed by atoms with Gasteiger partial charge in [0.2, 0.25) is 0 Å². The van der Waals surface area contributed by atoms with Gasteiger partial charge in [0.25, 0.3) is 0 Å². The van der Waals surface area contributed by atoms with E-state index in [9.17, 15) is 9.90 Å². The lowest BCUT2D eigenvalue weighted by Crippen LogP contribution is -2.27. The lowest BCUT2D eigenvalue weighted by atomic mass is 10.1. The number of hydrogen-bond acceptors (Lipinski definition) is 5. The Labute approximate surface area is 127 Å². The molecule has 0 unspecified atom stereocenters. The van der Waals surface area contributed by atoms with Crippen molar-refractivity contribution in [3.63, 3.8) is 0 Å². The average molecular weight is 303 g/mol. The van der Waals surface area contributed by atoms with Crippen LogP contribution in [-0.2, 0) is 9.53 Å². The highest BCUT2D eigenvalue weighted by atomic mass is 32.2. The van der Waals surface area contributed by atoms with E-state index in [0.717, 1.165) is 10.5 Å². The van der Waals surface area contributed by atoms with Crippen molar-refractivity contribution in [3.05, 3.63) is 60.2 Å². The third kappa shape index (κ3) is 3.77. The molecule has 0 aromatic heterocycles. The van der Waals surface area contributed by atoms with E-state index >= 15 is 0 Å². The van der Waals surface area contributed by atoms with E-state index in [1.807, 2.05) is 48.5 Å². The lowest BCUT2D eigenvalue weighted by Gasteiger charge is -2.21. The van der Waals surface area contributed by atoms with Crippen molar-refractivity contribution < 1.29 is 14.6 Å². The first-order valence-corrected chi connectivity index (χ1v) is 7.33. The van der Waals surface area contributed by atoms with Crippen molar-refractivity contribution in [1.82, 2.24) is 0 Å². The molecule has 0 heterocycles. The van der Waals surface area contributed by atoms with Gasteiger partial charge < -0.3 is 15.6 Å². The number of anilines is 1. The standard InChI is InChI=1S/C16H17NO3S/c1-20-16(19)14(18)15(11-7-3-2-4-8-11)21-13-10-6-5-9-12(13)17/h2-10,14-15,18H,17H2,1H3/t14-,15+/m1/s1. The van der Waals surface area contributed by atoms with E-state index < -0.39 is 17.3 Å². The Bertz CT molecular complexity index is 603. The summed E-state index contributed by atoms with van der Waals surface area (Å²) in [6, 6.07) is 16.7. The van der Waals surface area contributed by atoms with Crippen LogP contribution in [0, 0.1) is 0 Å². The number of hydrogen-bond donors (Lipinski definition) is 2. The highest BCUT2D eigenvalue weighted by Crippen LogP contribution is 2.40. The predicted molar refractivity (Wildman–Crippen MR) is 83.9 cm³/mol. The summed E-state index contributed by atoms with van der Waals surface area (Å²) in [5.74, 6) is -0.661. The molecule has 0 amide bonds. The molecule has 0 radical (unpaired) electrons. The fraction of sp³-hybridized carbons (Fsp3) is 0.188. The molecule has 0 aliphatic heterocycles. The van der Waals surface area contributed by atoms with Gasteiger partial charge in [0.05, 0.1) is 12.4 Å². The van der Waals surface area contributed by atoms with Crippen molar-refractivity contribution in [2.24, 2.45) is 0 Å². The first-order chi connectivity index (χ1) is 10.1. The van der Waals surface area contributed by atoms with Crippen molar-refractivity contribution in [2.45, 2.75) is 16.2 Å². The molecule has 0 fully saturated rings. The lowest BCUT2D eigenvalue weighted by molar-refractivity contribution is -0.150. The first kappa shape index (κ1) is 15.4. The van der Waals surface area contributed by atoms with Crippen LogP contribution in [0.3, 0.4) is 0 Å². The minimum Gasteiger partial charge on any atom is -0.467 e. The normalized spacial score (nSPS) is 13.4. The maximum absolute atomic E-state index is 11.7. The number of thioether (sulfide) groups is 1. The Hall–Kier alpha value is -1.98. The Balaban J connectivity index is 2.33. The second kappa shape index (κ2) is 7.15. The van der Waals surface area contributed by atoms with Crippen LogP contribution in [0.15, 0.2) is 59.5 Å². The third-order valence-electron chi connectivity index (χ3n) is 3.03. The molecule has 0 aliphatic rings. The molecule has 2 aromatic carbocycles. The Morgan fingerprint density at radius 1 is 1.14 bits per heavy atom. The molecule has 2 rings (SSSR count). The van der Waals surface area contributed by atoms with Gasteiger partial charge in [0.15, 0.2) is 6.10 Å². The van der Waals surface area contributed by atoms with E-state index in [1.54, 1.807) is 6.07 Å². The van der Waals surface area contributed by atoms with Crippen molar-refractivity contribution in [2.75, 3.05) is 12.8 Å². The summed E-state index contributed by atoms with van der Waals surface area (Å²) in [7, 11) is 1.26. The van der Waals surface area contributed by atoms with Gasteiger partial charge in [-0.1, -0.05) is 42.5 Å². The number of carbonyl (C=O) groups excluding carboxylic acids is 1. The van der Waals surface area contributed by atoms with Crippen LogP contribution < -0.4 is 5.73 Å². The van der Waals surface area contributed by atoms with Crippen LogP contribution in [0.25, 0.3) is 0 Å². The van der Waals surface area contributed by atoms with E-state index in [4.69, 9.17) is 5.73 Å². The predicted octanol–water partition coefficient (Wildman–Crippen LogP) is 2.64. The number of nitrogen functional groups attached to an aromatic ring is 1. The number of aliphatic hydroxyl groups excluding tert-OH is 1. The number of rotatable bonds is 5. The number of ether oxygens (including phenoxy) is 1. The minimum absolute atomic E-state index is 0.483. The van der Waals surface area contributed by atoms with E-state index in [0.29, 0.717) is 5.69 Å². The van der Waals surface area contributed by atoms with Gasteiger partial charge in [-0.25, -0.2) is 4.79 Å². The van der Waals surface area contributed by atoms with Crippen LogP contribution in [0.1, 0.15) is 10.8 Å². The number of carbonyl (C=O) groups is 1. The van der Waals surface area contributed by atoms with Gasteiger partial charge in [-0.3, -0.25) is 0 Å². The molecule has 2 aromatic rings. The maximum atomic E-state index is 11.7. The fourth-order valence-corrected chi connectivity index (χ4v) is 3.09. The molecule has 3 N–H and O–H groups in total. The van der Waals surface area contributed by atoms with Crippen molar-refractivity contribution >= 4 is 23.4 Å². The van der Waals surface area contributed by atoms with E-state index in [1.165, 1.54) is 18.9 Å². The quantitative estimate of drug-likeness (QED) is 0.505. The zero-order valence-electron chi connectivity index (χ0n) is 11.6. The average Bonchev–Trinajstić information content (AvgIpc) is 2.53. The molecule has 0 spiro atoms. The second-order valence-electron chi connectivity index (χ2n) is 4.45. The number of methoxy groups -OCH3 is 1. The number of benzene rings is 2. The number of aliphatic hydroxyl groups is 1. The van der Waals surface area contributed by atoms with Gasteiger partial charge in [-0.2, -0.15) is 0 Å². The van der Waals surface area contributed by atoms with E-state index in [2.05, 4.69) is 4.74 Å². The molecule has 0 saturated carbocycles. The minimum atomic E-state index is -1.26. The van der Waals surface area contributed by atoms with Crippen LogP contribution in [0.5, 0.6) is 0 Å². The molecule has 2 atom stereocenters. The molecule has 5 heteroatoms.